The van der Waals surface area contributed by atoms with E-state index in [9.17, 15) is 14.4 Å². The Labute approximate surface area is 159 Å². The van der Waals surface area contributed by atoms with Crippen molar-refractivity contribution in [2.45, 2.75) is 13.0 Å². The molecule has 0 aliphatic heterocycles. The molecule has 0 spiro atoms. The molecule has 0 atom stereocenters. The molecule has 0 fully saturated rings. The molecular formula is C16H13BrN4O4S. The van der Waals surface area contributed by atoms with E-state index >= 15 is 0 Å². The topological polar surface area (TPSA) is 106 Å². The van der Waals surface area contributed by atoms with Crippen molar-refractivity contribution in [2.24, 2.45) is 0 Å². The summed E-state index contributed by atoms with van der Waals surface area (Å²) in [4.78, 5) is 36.4. The molecule has 0 saturated carbocycles. The number of amides is 2. The highest BCUT2D eigenvalue weighted by Crippen LogP contribution is 2.21. The summed E-state index contributed by atoms with van der Waals surface area (Å²) in [5, 5.41) is 5.90. The molecule has 0 bridgehead atoms. The molecule has 134 valence electrons. The van der Waals surface area contributed by atoms with E-state index in [1.807, 2.05) is 11.4 Å². The molecule has 3 rings (SSSR count). The van der Waals surface area contributed by atoms with Crippen LogP contribution in [0.5, 0.6) is 0 Å². The molecule has 0 aliphatic rings. The maximum Gasteiger partial charge on any atom is 0.437 e. The number of aryl methyl sites for hydroxylation is 1. The van der Waals surface area contributed by atoms with Crippen LogP contribution in [0, 0.1) is 0 Å². The van der Waals surface area contributed by atoms with Gasteiger partial charge in [0.15, 0.2) is 0 Å². The van der Waals surface area contributed by atoms with Gasteiger partial charge < -0.3 is 4.42 Å². The Morgan fingerprint density at radius 1 is 1.19 bits per heavy atom. The molecule has 2 heterocycles. The minimum absolute atomic E-state index is 0.0322. The van der Waals surface area contributed by atoms with Crippen LogP contribution in [-0.4, -0.2) is 21.6 Å². The number of thiophene rings is 1. The van der Waals surface area contributed by atoms with Gasteiger partial charge in [0.25, 0.3) is 11.8 Å². The molecule has 2 aromatic heterocycles. The first-order valence-corrected chi connectivity index (χ1v) is 9.17. The van der Waals surface area contributed by atoms with Crippen molar-refractivity contribution in [1.82, 2.24) is 20.6 Å². The zero-order valence-electron chi connectivity index (χ0n) is 13.3. The predicted molar refractivity (Wildman–Crippen MR) is 98.4 cm³/mol. The predicted octanol–water partition coefficient (Wildman–Crippen LogP) is 2.18. The van der Waals surface area contributed by atoms with Gasteiger partial charge in [-0.05, 0) is 39.5 Å². The highest BCUT2D eigenvalue weighted by Gasteiger charge is 2.13. The smallest absolute Gasteiger partial charge is 0.387 e. The lowest BCUT2D eigenvalue weighted by Crippen LogP contribution is -2.42. The molecule has 0 saturated heterocycles. The molecule has 2 amide bonds. The normalized spacial score (nSPS) is 10.5. The second-order valence-corrected chi connectivity index (χ2v) is 6.91. The summed E-state index contributed by atoms with van der Waals surface area (Å²) in [6.45, 7) is 0.0322. The van der Waals surface area contributed by atoms with Gasteiger partial charge in [0.05, 0.1) is 17.0 Å². The van der Waals surface area contributed by atoms with Crippen LogP contribution in [0.3, 0.4) is 0 Å². The number of halogens is 1. The average Bonchev–Trinajstić information content (AvgIpc) is 3.28. The van der Waals surface area contributed by atoms with Crippen LogP contribution in [0.1, 0.15) is 16.8 Å². The molecule has 0 unspecified atom stereocenters. The van der Waals surface area contributed by atoms with Crippen LogP contribution in [0.25, 0.3) is 10.8 Å². The number of hydrazine groups is 1. The van der Waals surface area contributed by atoms with E-state index in [0.717, 1.165) is 9.56 Å². The lowest BCUT2D eigenvalue weighted by Gasteiger charge is -2.08. The van der Waals surface area contributed by atoms with E-state index in [-0.39, 0.29) is 18.9 Å². The monoisotopic (exact) mass is 436 g/mol. The van der Waals surface area contributed by atoms with Gasteiger partial charge in [-0.2, -0.15) is 4.68 Å². The van der Waals surface area contributed by atoms with Gasteiger partial charge in [0.1, 0.15) is 0 Å². The van der Waals surface area contributed by atoms with Gasteiger partial charge in [0, 0.05) is 10.9 Å². The van der Waals surface area contributed by atoms with Crippen molar-refractivity contribution in [3.8, 4) is 10.8 Å². The summed E-state index contributed by atoms with van der Waals surface area (Å²) in [5.41, 5.74) is 5.01. The minimum Gasteiger partial charge on any atom is -0.387 e. The Bertz CT molecular complexity index is 980. The Hall–Kier alpha value is -2.72. The summed E-state index contributed by atoms with van der Waals surface area (Å²) in [6, 6.07) is 10.4. The van der Waals surface area contributed by atoms with Crippen molar-refractivity contribution in [3.05, 3.63) is 62.4 Å². The van der Waals surface area contributed by atoms with Crippen LogP contribution in [0.15, 0.2) is 55.5 Å². The van der Waals surface area contributed by atoms with Crippen molar-refractivity contribution in [2.75, 3.05) is 0 Å². The third-order valence-electron chi connectivity index (χ3n) is 3.32. The third-order valence-corrected chi connectivity index (χ3v) is 4.87. The van der Waals surface area contributed by atoms with Crippen LogP contribution >= 0.6 is 27.3 Å². The molecule has 10 heteroatoms. The van der Waals surface area contributed by atoms with Crippen molar-refractivity contribution in [3.63, 3.8) is 0 Å². The lowest BCUT2D eigenvalue weighted by atomic mass is 10.2. The van der Waals surface area contributed by atoms with E-state index in [2.05, 4.69) is 31.9 Å². The number of hydrogen-bond acceptors (Lipinski definition) is 6. The van der Waals surface area contributed by atoms with E-state index in [1.165, 1.54) is 11.3 Å². The van der Waals surface area contributed by atoms with Gasteiger partial charge in [-0.3, -0.25) is 20.4 Å². The van der Waals surface area contributed by atoms with Crippen LogP contribution < -0.4 is 16.6 Å². The SMILES string of the molecule is O=C(CCn1nc(-c2cccs2)oc1=O)NNC(=O)c1ccccc1Br. The summed E-state index contributed by atoms with van der Waals surface area (Å²) >= 11 is 4.66. The number of nitrogens with one attached hydrogen (secondary N) is 2. The summed E-state index contributed by atoms with van der Waals surface area (Å²) < 4.78 is 6.75. The number of hydrogen-bond donors (Lipinski definition) is 2. The standard InChI is InChI=1S/C16H13BrN4O4S/c17-11-5-2-1-4-10(11)14(23)19-18-13(22)7-8-21-16(24)25-15(20-21)12-6-3-9-26-12/h1-6,9H,7-8H2,(H,18,22)(H,19,23). The lowest BCUT2D eigenvalue weighted by molar-refractivity contribution is -0.122. The average molecular weight is 437 g/mol. The van der Waals surface area contributed by atoms with Gasteiger partial charge in [-0.15, -0.1) is 16.4 Å². The van der Waals surface area contributed by atoms with E-state index < -0.39 is 17.6 Å². The zero-order valence-corrected chi connectivity index (χ0v) is 15.7. The molecule has 2 N–H and O–H groups in total. The highest BCUT2D eigenvalue weighted by atomic mass is 79.9. The molecular weight excluding hydrogens is 424 g/mol. The van der Waals surface area contributed by atoms with Crippen LogP contribution in [-0.2, 0) is 11.3 Å². The van der Waals surface area contributed by atoms with Crippen molar-refractivity contribution in [1.29, 1.82) is 0 Å². The van der Waals surface area contributed by atoms with Gasteiger partial charge in [0.2, 0.25) is 5.91 Å². The Balaban J connectivity index is 1.53. The van der Waals surface area contributed by atoms with Crippen LogP contribution in [0.4, 0.5) is 0 Å². The molecule has 26 heavy (non-hydrogen) atoms. The van der Waals surface area contributed by atoms with E-state index in [0.29, 0.717) is 10.0 Å². The highest BCUT2D eigenvalue weighted by molar-refractivity contribution is 9.10. The summed E-state index contributed by atoms with van der Waals surface area (Å²) in [7, 11) is 0. The Morgan fingerprint density at radius 2 is 2.00 bits per heavy atom. The molecule has 1 aromatic carbocycles. The fourth-order valence-corrected chi connectivity index (χ4v) is 3.17. The first-order valence-electron chi connectivity index (χ1n) is 7.50. The van der Waals surface area contributed by atoms with E-state index in [1.54, 1.807) is 30.3 Å². The maximum atomic E-state index is 12.0. The first kappa shape index (κ1) is 18.1. The van der Waals surface area contributed by atoms with Gasteiger partial charge >= 0.3 is 5.76 Å². The fraction of sp³-hybridized carbons (Fsp3) is 0.125. The Kier molecular flexibility index (Phi) is 5.64. The minimum atomic E-state index is -0.640. The second-order valence-electron chi connectivity index (χ2n) is 5.11. The molecule has 0 aliphatic carbocycles. The van der Waals surface area contributed by atoms with Crippen molar-refractivity contribution >= 4 is 39.1 Å². The van der Waals surface area contributed by atoms with Crippen LogP contribution in [0.2, 0.25) is 0 Å². The Morgan fingerprint density at radius 3 is 2.73 bits per heavy atom. The number of rotatable bonds is 5. The second kappa shape index (κ2) is 8.11. The largest absolute Gasteiger partial charge is 0.437 e. The summed E-state index contributed by atoms with van der Waals surface area (Å²) in [6.07, 6.45) is -0.0490. The molecule has 3 aromatic rings. The zero-order chi connectivity index (χ0) is 18.5. The molecule has 0 radical (unpaired) electrons. The van der Waals surface area contributed by atoms with Gasteiger partial charge in [-0.25, -0.2) is 4.79 Å². The number of carbonyl (C=O) groups excluding carboxylic acids is 2. The number of carbonyl (C=O) groups is 2. The number of benzene rings is 1. The number of nitrogens with zero attached hydrogens (tertiary/aromatic N) is 2. The van der Waals surface area contributed by atoms with Crippen molar-refractivity contribution < 1.29 is 14.0 Å². The third kappa shape index (κ3) is 4.27. The maximum absolute atomic E-state index is 12.0. The van der Waals surface area contributed by atoms with E-state index in [4.69, 9.17) is 4.42 Å². The summed E-state index contributed by atoms with van der Waals surface area (Å²) in [5.74, 6) is -1.34. The first-order chi connectivity index (χ1) is 12.5. The number of aromatic nitrogens is 2. The fourth-order valence-electron chi connectivity index (χ4n) is 2.06. The molecule has 8 nitrogen and oxygen atoms in total. The quantitative estimate of drug-likeness (QED) is 0.596. The van der Waals surface area contributed by atoms with Gasteiger partial charge in [-0.1, -0.05) is 18.2 Å².